The summed E-state index contributed by atoms with van der Waals surface area (Å²) in [4.78, 5) is 0. The largest absolute Gasteiger partial charge is 0.497 e. The average Bonchev–Trinajstić information content (AvgIpc) is 3.32. The van der Waals surface area contributed by atoms with Crippen molar-refractivity contribution in [3.63, 3.8) is 0 Å². The fraction of sp³-hybridized carbons (Fsp3) is 0.348. The highest BCUT2D eigenvalue weighted by Crippen LogP contribution is 2.26. The number of aromatic nitrogens is 2. The van der Waals surface area contributed by atoms with Gasteiger partial charge in [-0.3, -0.25) is 10.9 Å². The number of hydrogen-bond donors (Lipinski definition) is 3. The summed E-state index contributed by atoms with van der Waals surface area (Å²) in [5, 5.41) is 8.28. The Morgan fingerprint density at radius 3 is 2.43 bits per heavy atom. The first kappa shape index (κ1) is 20.5. The van der Waals surface area contributed by atoms with Crippen LogP contribution in [0.25, 0.3) is 16.9 Å². The maximum absolute atomic E-state index is 14.4. The Labute approximate surface area is 176 Å². The average molecular weight is 410 g/mol. The van der Waals surface area contributed by atoms with Gasteiger partial charge in [-0.05, 0) is 50.2 Å². The maximum Gasteiger partial charge on any atom is 0.148 e. The summed E-state index contributed by atoms with van der Waals surface area (Å²) in [6.45, 7) is 5.88. The lowest BCUT2D eigenvalue weighted by atomic mass is 9.96. The number of nitrogens with zero attached hydrogens (tertiary/aromatic N) is 2. The molecule has 1 aliphatic heterocycles. The van der Waals surface area contributed by atoms with E-state index in [0.29, 0.717) is 30.2 Å². The smallest absolute Gasteiger partial charge is 0.148 e. The van der Waals surface area contributed by atoms with Gasteiger partial charge in [-0.25, -0.2) is 9.07 Å². The standard InChI is InChI=1S/C23H28FN5O/c1-15-20(16(2)27-26-15)13-25-12-18-14-29(22-7-5-4-6-21(22)24)28-23(18)17-8-10-19(30-3)11-9-17/h4-11,14-16,20,25-27H,12-13H2,1-3H3. The van der Waals surface area contributed by atoms with E-state index in [1.807, 2.05) is 36.5 Å². The number of rotatable bonds is 7. The van der Waals surface area contributed by atoms with E-state index in [1.165, 1.54) is 6.07 Å². The van der Waals surface area contributed by atoms with Crippen LogP contribution in [0.2, 0.25) is 0 Å². The van der Waals surface area contributed by atoms with E-state index in [2.05, 4.69) is 30.0 Å². The fourth-order valence-corrected chi connectivity index (χ4v) is 3.93. The summed E-state index contributed by atoms with van der Waals surface area (Å²) in [6.07, 6.45) is 1.91. The highest BCUT2D eigenvalue weighted by atomic mass is 19.1. The van der Waals surface area contributed by atoms with E-state index in [0.717, 1.165) is 29.1 Å². The summed E-state index contributed by atoms with van der Waals surface area (Å²) >= 11 is 0. The lowest BCUT2D eigenvalue weighted by Crippen LogP contribution is -2.33. The van der Waals surface area contributed by atoms with Crippen LogP contribution in [0.15, 0.2) is 54.7 Å². The second-order valence-electron chi connectivity index (χ2n) is 7.79. The molecule has 2 heterocycles. The fourth-order valence-electron chi connectivity index (χ4n) is 3.93. The van der Waals surface area contributed by atoms with E-state index in [4.69, 9.17) is 9.84 Å². The minimum atomic E-state index is -0.299. The molecular formula is C23H28FN5O. The molecule has 0 amide bonds. The summed E-state index contributed by atoms with van der Waals surface area (Å²) in [7, 11) is 1.64. The van der Waals surface area contributed by atoms with Gasteiger partial charge >= 0.3 is 0 Å². The van der Waals surface area contributed by atoms with Crippen LogP contribution in [-0.4, -0.2) is 35.5 Å². The Kier molecular flexibility index (Phi) is 6.13. The van der Waals surface area contributed by atoms with Crippen LogP contribution in [-0.2, 0) is 6.54 Å². The predicted octanol–water partition coefficient (Wildman–Crippen LogP) is 3.28. The Morgan fingerprint density at radius 2 is 1.77 bits per heavy atom. The molecule has 3 N–H and O–H groups in total. The lowest BCUT2D eigenvalue weighted by molar-refractivity contribution is 0.412. The second-order valence-corrected chi connectivity index (χ2v) is 7.79. The van der Waals surface area contributed by atoms with Crippen molar-refractivity contribution in [3.8, 4) is 22.7 Å². The van der Waals surface area contributed by atoms with Crippen molar-refractivity contribution in [1.29, 1.82) is 0 Å². The number of nitrogens with one attached hydrogen (secondary N) is 3. The highest BCUT2D eigenvalue weighted by Gasteiger charge is 2.29. The van der Waals surface area contributed by atoms with Crippen molar-refractivity contribution >= 4 is 0 Å². The molecule has 1 aliphatic rings. The molecule has 7 heteroatoms. The first-order valence-corrected chi connectivity index (χ1v) is 10.3. The van der Waals surface area contributed by atoms with E-state index in [1.54, 1.807) is 23.9 Å². The third-order valence-electron chi connectivity index (χ3n) is 5.77. The van der Waals surface area contributed by atoms with Gasteiger partial charge in [0.05, 0.1) is 12.8 Å². The van der Waals surface area contributed by atoms with Crippen molar-refractivity contribution in [1.82, 2.24) is 25.9 Å². The molecule has 30 heavy (non-hydrogen) atoms. The van der Waals surface area contributed by atoms with Crippen LogP contribution in [0.4, 0.5) is 4.39 Å². The minimum absolute atomic E-state index is 0.299. The molecule has 0 radical (unpaired) electrons. The molecule has 6 nitrogen and oxygen atoms in total. The number of para-hydroxylation sites is 1. The van der Waals surface area contributed by atoms with Gasteiger partial charge in [0.1, 0.15) is 17.3 Å². The first-order chi connectivity index (χ1) is 14.6. The zero-order valence-electron chi connectivity index (χ0n) is 17.5. The van der Waals surface area contributed by atoms with Gasteiger partial charge in [0, 0.05) is 48.4 Å². The molecule has 2 atom stereocenters. The van der Waals surface area contributed by atoms with Gasteiger partial charge in [-0.15, -0.1) is 0 Å². The normalized spacial score (nSPS) is 21.1. The third kappa shape index (κ3) is 4.23. The van der Waals surface area contributed by atoms with Crippen molar-refractivity contribution in [2.24, 2.45) is 5.92 Å². The van der Waals surface area contributed by atoms with Crippen LogP contribution in [0.3, 0.4) is 0 Å². The molecule has 0 aliphatic carbocycles. The molecule has 2 aromatic carbocycles. The van der Waals surface area contributed by atoms with Crippen molar-refractivity contribution in [2.45, 2.75) is 32.5 Å². The minimum Gasteiger partial charge on any atom is -0.497 e. The molecule has 3 aromatic rings. The monoisotopic (exact) mass is 409 g/mol. The van der Waals surface area contributed by atoms with Crippen molar-refractivity contribution in [2.75, 3.05) is 13.7 Å². The van der Waals surface area contributed by atoms with Crippen LogP contribution in [0.5, 0.6) is 5.75 Å². The summed E-state index contributed by atoms with van der Waals surface area (Å²) in [5.74, 6) is 0.971. The highest BCUT2D eigenvalue weighted by molar-refractivity contribution is 5.64. The molecule has 0 bridgehead atoms. The maximum atomic E-state index is 14.4. The summed E-state index contributed by atoms with van der Waals surface area (Å²) in [5.41, 5.74) is 9.82. The topological polar surface area (TPSA) is 63.1 Å². The van der Waals surface area contributed by atoms with E-state index >= 15 is 0 Å². The summed E-state index contributed by atoms with van der Waals surface area (Å²) in [6, 6.07) is 15.2. The van der Waals surface area contributed by atoms with E-state index < -0.39 is 0 Å². The first-order valence-electron chi connectivity index (χ1n) is 10.3. The SMILES string of the molecule is COc1ccc(-c2nn(-c3ccccc3F)cc2CNCC2C(C)NNC2C)cc1. The lowest BCUT2D eigenvalue weighted by Gasteiger charge is -2.18. The molecule has 1 fully saturated rings. The molecule has 0 spiro atoms. The Balaban J connectivity index is 1.60. The quantitative estimate of drug-likeness (QED) is 0.559. The molecular weight excluding hydrogens is 381 g/mol. The van der Waals surface area contributed by atoms with Gasteiger partial charge < -0.3 is 10.1 Å². The molecule has 4 rings (SSSR count). The second kappa shape index (κ2) is 8.95. The van der Waals surface area contributed by atoms with Crippen molar-refractivity contribution in [3.05, 3.63) is 66.1 Å². The number of benzene rings is 2. The Bertz CT molecular complexity index is 978. The zero-order chi connectivity index (χ0) is 21.1. The third-order valence-corrected chi connectivity index (χ3v) is 5.77. The Morgan fingerprint density at radius 1 is 1.07 bits per heavy atom. The van der Waals surface area contributed by atoms with E-state index in [-0.39, 0.29) is 5.82 Å². The van der Waals surface area contributed by atoms with E-state index in [9.17, 15) is 4.39 Å². The molecule has 158 valence electrons. The van der Waals surface area contributed by atoms with Crippen LogP contribution < -0.4 is 20.9 Å². The van der Waals surface area contributed by atoms with Gasteiger partial charge in [0.2, 0.25) is 0 Å². The molecule has 1 saturated heterocycles. The van der Waals surface area contributed by atoms with Crippen LogP contribution in [0, 0.1) is 11.7 Å². The molecule has 2 unspecified atom stereocenters. The number of methoxy groups -OCH3 is 1. The van der Waals surface area contributed by atoms with Gasteiger partial charge in [0.25, 0.3) is 0 Å². The van der Waals surface area contributed by atoms with Crippen molar-refractivity contribution < 1.29 is 9.13 Å². The molecule has 1 aromatic heterocycles. The number of hydrogen-bond acceptors (Lipinski definition) is 5. The number of hydrazine groups is 1. The molecule has 0 saturated carbocycles. The van der Waals surface area contributed by atoms with Gasteiger partial charge in [-0.2, -0.15) is 5.10 Å². The van der Waals surface area contributed by atoms with Crippen LogP contribution in [0.1, 0.15) is 19.4 Å². The van der Waals surface area contributed by atoms with Gasteiger partial charge in [-0.1, -0.05) is 12.1 Å². The predicted molar refractivity (Wildman–Crippen MR) is 116 cm³/mol. The number of halogens is 1. The zero-order valence-corrected chi connectivity index (χ0v) is 17.5. The van der Waals surface area contributed by atoms with Gasteiger partial charge in [0.15, 0.2) is 0 Å². The van der Waals surface area contributed by atoms with Crippen LogP contribution >= 0.6 is 0 Å². The summed E-state index contributed by atoms with van der Waals surface area (Å²) < 4.78 is 21.2. The number of ether oxygens (including phenoxy) is 1. The Hall–Kier alpha value is -2.74.